The van der Waals surface area contributed by atoms with E-state index in [0.717, 1.165) is 21.6 Å². The molecular weight excluding hydrogens is 548 g/mol. The molecule has 4 aromatic carbocycles. The van der Waals surface area contributed by atoms with Crippen molar-refractivity contribution in [1.29, 1.82) is 0 Å². The van der Waals surface area contributed by atoms with Gasteiger partial charge in [0.05, 0.1) is 13.0 Å². The number of amides is 2. The van der Waals surface area contributed by atoms with Crippen molar-refractivity contribution < 1.29 is 23.9 Å². The Morgan fingerprint density at radius 1 is 0.714 bits per heavy atom. The molecule has 2 atom stereocenters. The number of carbonyl (C=O) groups excluding carboxylic acids is 3. The maximum Gasteiger partial charge on any atom is 0.408 e. The van der Waals surface area contributed by atoms with E-state index in [1.807, 2.05) is 121 Å². The summed E-state index contributed by atoms with van der Waals surface area (Å²) in [6.07, 6.45) is -0.252. The number of hydrogen-bond acceptors (Lipinski definition) is 6. The zero-order chi connectivity index (χ0) is 29.6. The molecule has 0 saturated carbocycles. The number of thioether (sulfide) groups is 1. The molecule has 0 radical (unpaired) electrons. The summed E-state index contributed by atoms with van der Waals surface area (Å²) in [4.78, 5) is 43.0. The van der Waals surface area contributed by atoms with Crippen LogP contribution in [0.2, 0.25) is 0 Å². The molecule has 4 aromatic rings. The Morgan fingerprint density at radius 2 is 1.21 bits per heavy atom. The van der Waals surface area contributed by atoms with E-state index in [-0.39, 0.29) is 25.3 Å². The van der Waals surface area contributed by atoms with Crippen LogP contribution in [0.3, 0.4) is 0 Å². The van der Waals surface area contributed by atoms with Gasteiger partial charge in [0, 0.05) is 17.7 Å². The second kappa shape index (κ2) is 16.0. The Morgan fingerprint density at radius 3 is 1.76 bits per heavy atom. The Kier molecular flexibility index (Phi) is 11.6. The predicted octanol–water partition coefficient (Wildman–Crippen LogP) is 5.89. The first-order chi connectivity index (χ1) is 20.5. The number of alkyl carbamates (subject to hydrolysis) is 1. The molecule has 0 saturated heterocycles. The average Bonchev–Trinajstić information content (AvgIpc) is 3.04. The molecule has 0 fully saturated rings. The normalized spacial score (nSPS) is 12.0. The maximum absolute atomic E-state index is 14.4. The summed E-state index contributed by atoms with van der Waals surface area (Å²) in [6, 6.07) is 35.9. The molecule has 0 aliphatic rings. The first-order valence-electron chi connectivity index (χ1n) is 13.6. The van der Waals surface area contributed by atoms with Gasteiger partial charge >= 0.3 is 12.1 Å². The van der Waals surface area contributed by atoms with Gasteiger partial charge in [-0.2, -0.15) is 0 Å². The van der Waals surface area contributed by atoms with Crippen LogP contribution in [0, 0.1) is 0 Å². The molecule has 0 aliphatic heterocycles. The molecule has 0 bridgehead atoms. The van der Waals surface area contributed by atoms with Crippen LogP contribution >= 0.6 is 11.8 Å². The quantitative estimate of drug-likeness (QED) is 0.120. The molecule has 7 nitrogen and oxygen atoms in total. The van der Waals surface area contributed by atoms with E-state index < -0.39 is 30.1 Å². The van der Waals surface area contributed by atoms with Crippen LogP contribution in [-0.2, 0) is 38.5 Å². The average molecular weight is 583 g/mol. The number of methoxy groups -OCH3 is 1. The largest absolute Gasteiger partial charge is 0.467 e. The molecule has 1 N–H and O–H groups in total. The van der Waals surface area contributed by atoms with Crippen LogP contribution in [0.25, 0.3) is 0 Å². The van der Waals surface area contributed by atoms with Gasteiger partial charge in [-0.3, -0.25) is 4.79 Å². The fourth-order valence-electron chi connectivity index (χ4n) is 4.42. The van der Waals surface area contributed by atoms with Crippen molar-refractivity contribution in [2.24, 2.45) is 0 Å². The number of carbonyl (C=O) groups is 3. The molecule has 0 spiro atoms. The first-order valence-corrected chi connectivity index (χ1v) is 14.6. The Balaban J connectivity index is 1.62. The monoisotopic (exact) mass is 582 g/mol. The van der Waals surface area contributed by atoms with Crippen LogP contribution in [0.1, 0.15) is 16.7 Å². The Hall–Kier alpha value is -4.56. The number of rotatable bonds is 13. The minimum absolute atomic E-state index is 0.0608. The molecule has 4 rings (SSSR count). The topological polar surface area (TPSA) is 84.9 Å². The van der Waals surface area contributed by atoms with Gasteiger partial charge in [0.2, 0.25) is 5.91 Å². The summed E-state index contributed by atoms with van der Waals surface area (Å²) < 4.78 is 10.6. The van der Waals surface area contributed by atoms with Crippen molar-refractivity contribution in [2.75, 3.05) is 13.0 Å². The Bertz CT molecular complexity index is 1410. The van der Waals surface area contributed by atoms with Gasteiger partial charge in [-0.25, -0.2) is 9.59 Å². The predicted molar refractivity (Wildman–Crippen MR) is 164 cm³/mol. The van der Waals surface area contributed by atoms with Crippen LogP contribution in [0.4, 0.5) is 4.79 Å². The highest BCUT2D eigenvalue weighted by atomic mass is 32.2. The van der Waals surface area contributed by atoms with Gasteiger partial charge in [-0.1, -0.05) is 109 Å². The van der Waals surface area contributed by atoms with E-state index >= 15 is 0 Å². The molecule has 0 aromatic heterocycles. The standard InChI is InChI=1S/C34H34N2O5S/c1-40-33(38)31(23-27-16-8-3-9-17-27)36(25-42-29-20-12-5-13-21-29)32(37)30(22-26-14-6-2-7-15-26)35-34(39)41-24-28-18-10-4-11-19-28/h2-21,30-31H,22-25H2,1H3,(H,35,39)/t30-,31-/m0/s1. The molecule has 2 amide bonds. The van der Waals surface area contributed by atoms with E-state index in [9.17, 15) is 14.4 Å². The summed E-state index contributed by atoms with van der Waals surface area (Å²) in [7, 11) is 1.31. The lowest BCUT2D eigenvalue weighted by Gasteiger charge is -2.33. The van der Waals surface area contributed by atoms with Crippen molar-refractivity contribution in [2.45, 2.75) is 36.4 Å². The van der Waals surface area contributed by atoms with Gasteiger partial charge < -0.3 is 19.7 Å². The van der Waals surface area contributed by atoms with Crippen LogP contribution in [0.15, 0.2) is 126 Å². The minimum Gasteiger partial charge on any atom is -0.467 e. The second-order valence-electron chi connectivity index (χ2n) is 9.57. The number of nitrogens with one attached hydrogen (secondary N) is 1. The lowest BCUT2D eigenvalue weighted by atomic mass is 10.0. The van der Waals surface area contributed by atoms with E-state index in [4.69, 9.17) is 9.47 Å². The van der Waals surface area contributed by atoms with Gasteiger partial charge in [0.1, 0.15) is 18.7 Å². The fourth-order valence-corrected chi connectivity index (χ4v) is 5.36. The number of benzene rings is 4. The zero-order valence-corrected chi connectivity index (χ0v) is 24.2. The highest BCUT2D eigenvalue weighted by Gasteiger charge is 2.36. The third-order valence-electron chi connectivity index (χ3n) is 6.60. The zero-order valence-electron chi connectivity index (χ0n) is 23.4. The maximum atomic E-state index is 14.4. The third kappa shape index (κ3) is 9.24. The molecule has 0 aliphatic carbocycles. The van der Waals surface area contributed by atoms with Crippen molar-refractivity contribution in [3.05, 3.63) is 138 Å². The number of esters is 1. The summed E-state index contributed by atoms with van der Waals surface area (Å²) in [5, 5.41) is 2.78. The molecule has 42 heavy (non-hydrogen) atoms. The van der Waals surface area contributed by atoms with E-state index in [2.05, 4.69) is 5.32 Å². The summed E-state index contributed by atoms with van der Waals surface area (Å²) >= 11 is 1.43. The van der Waals surface area contributed by atoms with Crippen molar-refractivity contribution in [3.8, 4) is 0 Å². The highest BCUT2D eigenvalue weighted by molar-refractivity contribution is 7.99. The van der Waals surface area contributed by atoms with E-state index in [0.29, 0.717) is 0 Å². The third-order valence-corrected chi connectivity index (χ3v) is 7.62. The molecular formula is C34H34N2O5S. The van der Waals surface area contributed by atoms with Crippen molar-refractivity contribution in [3.63, 3.8) is 0 Å². The van der Waals surface area contributed by atoms with Gasteiger partial charge in [-0.15, -0.1) is 11.8 Å². The summed E-state index contributed by atoms with van der Waals surface area (Å²) in [5.74, 6) is -0.780. The SMILES string of the molecule is COC(=O)[C@H](Cc1ccccc1)N(CSc1ccccc1)C(=O)[C@H](Cc1ccccc1)NC(=O)OCc1ccccc1. The molecule has 8 heteroatoms. The summed E-state index contributed by atoms with van der Waals surface area (Å²) in [6.45, 7) is 0.0608. The van der Waals surface area contributed by atoms with Gasteiger partial charge in [-0.05, 0) is 28.8 Å². The van der Waals surface area contributed by atoms with Crippen molar-refractivity contribution in [1.82, 2.24) is 10.2 Å². The second-order valence-corrected chi connectivity index (χ2v) is 10.6. The lowest BCUT2D eigenvalue weighted by Crippen LogP contribution is -2.55. The van der Waals surface area contributed by atoms with Crippen molar-refractivity contribution >= 4 is 29.7 Å². The first kappa shape index (κ1) is 30.4. The molecule has 216 valence electrons. The van der Waals surface area contributed by atoms with Crippen LogP contribution in [-0.4, -0.2) is 47.9 Å². The number of nitrogens with zero attached hydrogens (tertiary/aromatic N) is 1. The van der Waals surface area contributed by atoms with Gasteiger partial charge in [0.25, 0.3) is 0 Å². The lowest BCUT2D eigenvalue weighted by molar-refractivity contribution is -0.152. The van der Waals surface area contributed by atoms with Crippen LogP contribution in [0.5, 0.6) is 0 Å². The molecule has 0 unspecified atom stereocenters. The van der Waals surface area contributed by atoms with E-state index in [1.54, 1.807) is 0 Å². The summed E-state index contributed by atoms with van der Waals surface area (Å²) in [5.41, 5.74) is 2.56. The number of ether oxygens (including phenoxy) is 2. The minimum atomic E-state index is -0.991. The van der Waals surface area contributed by atoms with Crippen LogP contribution < -0.4 is 5.32 Å². The van der Waals surface area contributed by atoms with Gasteiger partial charge in [0.15, 0.2) is 0 Å². The molecule has 0 heterocycles. The Labute approximate surface area is 250 Å². The van der Waals surface area contributed by atoms with E-state index in [1.165, 1.54) is 23.8 Å². The fraction of sp³-hybridized carbons (Fsp3) is 0.206. The number of hydrogen-bond donors (Lipinski definition) is 1. The highest BCUT2D eigenvalue weighted by Crippen LogP contribution is 2.23. The smallest absolute Gasteiger partial charge is 0.408 e.